The smallest absolute Gasteiger partial charge is 0.244 e. The summed E-state index contributed by atoms with van der Waals surface area (Å²) in [4.78, 5) is 0.189. The Morgan fingerprint density at radius 3 is 2.57 bits per heavy atom. The highest BCUT2D eigenvalue weighted by Gasteiger charge is 2.19. The minimum Gasteiger partial charge on any atom is -0.495 e. The monoisotopic (exact) mass is 314 g/mol. The van der Waals surface area contributed by atoms with Crippen molar-refractivity contribution in [1.82, 2.24) is 10.0 Å². The minimum absolute atomic E-state index is 0.189. The van der Waals surface area contributed by atoms with Crippen LogP contribution in [0.15, 0.2) is 23.1 Å². The molecule has 0 saturated heterocycles. The summed E-state index contributed by atoms with van der Waals surface area (Å²) in [6.07, 6.45) is 0.806. The highest BCUT2D eigenvalue weighted by molar-refractivity contribution is 7.89. The summed E-state index contributed by atoms with van der Waals surface area (Å²) in [5, 5.41) is 3.20. The molecule has 2 N–H and O–H groups in total. The van der Waals surface area contributed by atoms with Crippen LogP contribution in [0.2, 0.25) is 0 Å². The van der Waals surface area contributed by atoms with E-state index in [1.54, 1.807) is 12.1 Å². The molecule has 0 radical (unpaired) electrons. The molecule has 0 aromatic heterocycles. The maximum absolute atomic E-state index is 12.3. The maximum atomic E-state index is 12.3. The Bertz CT molecular complexity index is 542. The van der Waals surface area contributed by atoms with Crippen LogP contribution >= 0.6 is 0 Å². The molecule has 0 fully saturated rings. The van der Waals surface area contributed by atoms with Gasteiger partial charge in [-0.25, -0.2) is 13.1 Å². The fraction of sp³-hybridized carbons (Fsp3) is 0.600. The average Bonchev–Trinajstić information content (AvgIpc) is 2.44. The molecule has 0 saturated carbocycles. The van der Waals surface area contributed by atoms with Crippen LogP contribution in [0.25, 0.3) is 0 Å². The van der Waals surface area contributed by atoms with Crippen LogP contribution < -0.4 is 14.8 Å². The molecule has 1 aromatic rings. The van der Waals surface area contributed by atoms with Gasteiger partial charge in [-0.15, -0.1) is 0 Å². The topological polar surface area (TPSA) is 67.4 Å². The van der Waals surface area contributed by atoms with Crippen molar-refractivity contribution in [1.29, 1.82) is 0 Å². The zero-order valence-corrected chi connectivity index (χ0v) is 14.1. The lowest BCUT2D eigenvalue weighted by Gasteiger charge is -2.13. The summed E-state index contributed by atoms with van der Waals surface area (Å²) in [6.45, 7) is 8.12. The Morgan fingerprint density at radius 1 is 1.29 bits per heavy atom. The van der Waals surface area contributed by atoms with Crippen molar-refractivity contribution in [2.75, 3.05) is 20.2 Å². The van der Waals surface area contributed by atoms with E-state index >= 15 is 0 Å². The standard InChI is InChI=1S/C15H26N2O3S/c1-5-16-11-13-6-7-15(14(10-13)20-4)21(18,19)17-9-8-12(2)3/h6-7,10,12,16-17H,5,8-9,11H2,1-4H3. The molecule has 0 aliphatic rings. The highest BCUT2D eigenvalue weighted by atomic mass is 32.2. The summed E-state index contributed by atoms with van der Waals surface area (Å²) in [7, 11) is -2.05. The van der Waals surface area contributed by atoms with Gasteiger partial charge in [0.05, 0.1) is 7.11 Å². The number of hydrogen-bond acceptors (Lipinski definition) is 4. The normalized spacial score (nSPS) is 11.9. The van der Waals surface area contributed by atoms with Gasteiger partial charge in [-0.2, -0.15) is 0 Å². The van der Waals surface area contributed by atoms with E-state index in [2.05, 4.69) is 23.9 Å². The van der Waals surface area contributed by atoms with E-state index in [1.807, 2.05) is 13.0 Å². The van der Waals surface area contributed by atoms with Crippen LogP contribution in [-0.4, -0.2) is 28.6 Å². The first-order valence-electron chi connectivity index (χ1n) is 7.28. The molecule has 120 valence electrons. The maximum Gasteiger partial charge on any atom is 0.244 e. The zero-order valence-electron chi connectivity index (χ0n) is 13.3. The van der Waals surface area contributed by atoms with E-state index < -0.39 is 10.0 Å². The molecular formula is C15H26N2O3S. The number of nitrogens with one attached hydrogen (secondary N) is 2. The van der Waals surface area contributed by atoms with Crippen molar-refractivity contribution in [2.24, 2.45) is 5.92 Å². The van der Waals surface area contributed by atoms with Crippen LogP contribution in [0.3, 0.4) is 0 Å². The Balaban J connectivity index is 2.90. The van der Waals surface area contributed by atoms with Crippen molar-refractivity contribution in [3.05, 3.63) is 23.8 Å². The van der Waals surface area contributed by atoms with Gasteiger partial charge in [0.25, 0.3) is 0 Å². The molecule has 0 amide bonds. The van der Waals surface area contributed by atoms with Crippen LogP contribution in [0.1, 0.15) is 32.8 Å². The SMILES string of the molecule is CCNCc1ccc(S(=O)(=O)NCCC(C)C)c(OC)c1. The van der Waals surface area contributed by atoms with Crippen LogP contribution in [-0.2, 0) is 16.6 Å². The molecule has 0 heterocycles. The van der Waals surface area contributed by atoms with Crippen molar-refractivity contribution in [3.63, 3.8) is 0 Å². The van der Waals surface area contributed by atoms with Gasteiger partial charge >= 0.3 is 0 Å². The largest absolute Gasteiger partial charge is 0.495 e. The Hall–Kier alpha value is -1.11. The van der Waals surface area contributed by atoms with E-state index in [9.17, 15) is 8.42 Å². The lowest BCUT2D eigenvalue weighted by Crippen LogP contribution is -2.26. The molecule has 1 aromatic carbocycles. The van der Waals surface area contributed by atoms with Crippen molar-refractivity contribution in [2.45, 2.75) is 38.6 Å². The van der Waals surface area contributed by atoms with Gasteiger partial charge in [0.1, 0.15) is 10.6 Å². The summed E-state index contributed by atoms with van der Waals surface area (Å²) in [5.74, 6) is 0.833. The number of sulfonamides is 1. The molecule has 5 nitrogen and oxygen atoms in total. The average molecular weight is 314 g/mol. The molecule has 0 spiro atoms. The lowest BCUT2D eigenvalue weighted by molar-refractivity contribution is 0.401. The second kappa shape index (κ2) is 8.36. The number of hydrogen-bond donors (Lipinski definition) is 2. The van der Waals surface area contributed by atoms with Gasteiger partial charge in [0.2, 0.25) is 10.0 Å². The van der Waals surface area contributed by atoms with Gasteiger partial charge in [-0.1, -0.05) is 26.8 Å². The number of ether oxygens (including phenoxy) is 1. The van der Waals surface area contributed by atoms with Crippen LogP contribution in [0.4, 0.5) is 0 Å². The number of benzene rings is 1. The Labute approximate surface area is 128 Å². The molecule has 0 aliphatic heterocycles. The summed E-state index contributed by atoms with van der Waals surface area (Å²) >= 11 is 0. The predicted octanol–water partition coefficient (Wildman–Crippen LogP) is 2.13. The first kappa shape index (κ1) is 17.9. The quantitative estimate of drug-likeness (QED) is 0.733. The van der Waals surface area contributed by atoms with Gasteiger partial charge in [-0.05, 0) is 36.6 Å². The number of methoxy groups -OCH3 is 1. The van der Waals surface area contributed by atoms with E-state index in [0.717, 1.165) is 18.5 Å². The van der Waals surface area contributed by atoms with Gasteiger partial charge in [-0.3, -0.25) is 0 Å². The molecule has 1 rings (SSSR count). The van der Waals surface area contributed by atoms with Gasteiger partial charge < -0.3 is 10.1 Å². The third-order valence-corrected chi connectivity index (χ3v) is 4.61. The van der Waals surface area contributed by atoms with Crippen molar-refractivity contribution in [3.8, 4) is 5.75 Å². The summed E-state index contributed by atoms with van der Waals surface area (Å²) in [5.41, 5.74) is 0.995. The van der Waals surface area contributed by atoms with Gasteiger partial charge in [0.15, 0.2) is 0 Å². The van der Waals surface area contributed by atoms with E-state index in [0.29, 0.717) is 24.8 Å². The predicted molar refractivity (Wildman–Crippen MR) is 85.0 cm³/mol. The zero-order chi connectivity index (χ0) is 15.9. The third-order valence-electron chi connectivity index (χ3n) is 3.11. The molecule has 0 unspecified atom stereocenters. The summed E-state index contributed by atoms with van der Waals surface area (Å²) < 4.78 is 32.5. The van der Waals surface area contributed by atoms with E-state index in [-0.39, 0.29) is 4.90 Å². The molecule has 6 heteroatoms. The first-order chi connectivity index (χ1) is 9.90. The highest BCUT2D eigenvalue weighted by Crippen LogP contribution is 2.25. The first-order valence-corrected chi connectivity index (χ1v) is 8.76. The van der Waals surface area contributed by atoms with Crippen molar-refractivity contribution >= 4 is 10.0 Å². The Morgan fingerprint density at radius 2 is 2.00 bits per heavy atom. The second-order valence-electron chi connectivity index (χ2n) is 5.35. The lowest BCUT2D eigenvalue weighted by atomic mass is 10.1. The van der Waals surface area contributed by atoms with E-state index in [4.69, 9.17) is 4.74 Å². The van der Waals surface area contributed by atoms with Crippen molar-refractivity contribution < 1.29 is 13.2 Å². The fourth-order valence-electron chi connectivity index (χ4n) is 1.87. The Kier molecular flexibility index (Phi) is 7.14. The molecule has 0 bridgehead atoms. The third kappa shape index (κ3) is 5.65. The second-order valence-corrected chi connectivity index (χ2v) is 7.08. The van der Waals surface area contributed by atoms with Crippen LogP contribution in [0, 0.1) is 5.92 Å². The number of rotatable bonds is 9. The molecular weight excluding hydrogens is 288 g/mol. The summed E-state index contributed by atoms with van der Waals surface area (Å²) in [6, 6.07) is 5.17. The van der Waals surface area contributed by atoms with Crippen LogP contribution in [0.5, 0.6) is 5.75 Å². The fourth-order valence-corrected chi connectivity index (χ4v) is 3.07. The molecule has 0 aliphatic carbocycles. The molecule has 21 heavy (non-hydrogen) atoms. The van der Waals surface area contributed by atoms with E-state index in [1.165, 1.54) is 7.11 Å². The minimum atomic E-state index is -3.53. The van der Waals surface area contributed by atoms with Gasteiger partial charge in [0, 0.05) is 13.1 Å². The molecule has 0 atom stereocenters.